The standard InChI is InChI=1S/C25H26N2O7/c1-29-17-9-15(10-18(13-17)30-2)19-14-20(27(26-19)25(28)21-7-6-8-34-21)16-11-22(31-3)24(33-5)23(12-16)32-4/h6-13,20H,14H2,1-5H3. The van der Waals surface area contributed by atoms with Crippen LogP contribution in [-0.2, 0) is 0 Å². The molecule has 9 heteroatoms. The fourth-order valence-corrected chi connectivity index (χ4v) is 3.91. The Morgan fingerprint density at radius 3 is 2.06 bits per heavy atom. The number of hydrogen-bond donors (Lipinski definition) is 0. The summed E-state index contributed by atoms with van der Waals surface area (Å²) in [6.45, 7) is 0. The SMILES string of the molecule is COc1cc(OC)cc(C2=NN(C(=O)c3ccco3)C(c3cc(OC)c(OC)c(OC)c3)C2)c1. The van der Waals surface area contributed by atoms with Crippen molar-refractivity contribution in [2.45, 2.75) is 12.5 Å². The molecule has 2 heterocycles. The van der Waals surface area contributed by atoms with Gasteiger partial charge < -0.3 is 28.1 Å². The summed E-state index contributed by atoms with van der Waals surface area (Å²) in [7, 11) is 7.80. The molecule has 1 amide bonds. The normalized spacial score (nSPS) is 15.0. The zero-order valence-corrected chi connectivity index (χ0v) is 19.7. The van der Waals surface area contributed by atoms with Gasteiger partial charge in [0.25, 0.3) is 0 Å². The summed E-state index contributed by atoms with van der Waals surface area (Å²) in [4.78, 5) is 13.3. The van der Waals surface area contributed by atoms with Crippen LogP contribution in [0.3, 0.4) is 0 Å². The molecule has 2 aromatic carbocycles. The van der Waals surface area contributed by atoms with Crippen LogP contribution in [0.4, 0.5) is 0 Å². The number of carbonyl (C=O) groups excluding carboxylic acids is 1. The second-order valence-electron chi connectivity index (χ2n) is 7.45. The van der Waals surface area contributed by atoms with E-state index in [0.717, 1.165) is 11.1 Å². The van der Waals surface area contributed by atoms with Gasteiger partial charge in [-0.2, -0.15) is 5.10 Å². The lowest BCUT2D eigenvalue weighted by Crippen LogP contribution is -2.26. The summed E-state index contributed by atoms with van der Waals surface area (Å²) < 4.78 is 32.7. The number of rotatable bonds is 8. The average Bonchev–Trinajstić information content (AvgIpc) is 3.58. The molecule has 178 valence electrons. The van der Waals surface area contributed by atoms with Crippen molar-refractivity contribution in [3.05, 3.63) is 65.6 Å². The predicted octanol–water partition coefficient (Wildman–Crippen LogP) is 4.31. The quantitative estimate of drug-likeness (QED) is 0.488. The summed E-state index contributed by atoms with van der Waals surface area (Å²) in [5.41, 5.74) is 2.24. The van der Waals surface area contributed by atoms with Crippen molar-refractivity contribution in [2.24, 2.45) is 5.10 Å². The molecule has 0 spiro atoms. The summed E-state index contributed by atoms with van der Waals surface area (Å²) in [5, 5.41) is 6.11. The Morgan fingerprint density at radius 1 is 0.912 bits per heavy atom. The van der Waals surface area contributed by atoms with Gasteiger partial charge >= 0.3 is 5.91 Å². The van der Waals surface area contributed by atoms with Crippen molar-refractivity contribution in [1.29, 1.82) is 0 Å². The second-order valence-corrected chi connectivity index (χ2v) is 7.45. The Labute approximate surface area is 197 Å². The van der Waals surface area contributed by atoms with Crippen LogP contribution in [0.15, 0.2) is 58.2 Å². The minimum atomic E-state index is -0.446. The lowest BCUT2D eigenvalue weighted by molar-refractivity contribution is 0.0678. The molecular weight excluding hydrogens is 440 g/mol. The maximum absolute atomic E-state index is 13.3. The molecule has 0 N–H and O–H groups in total. The van der Waals surface area contributed by atoms with Gasteiger partial charge in [0.15, 0.2) is 17.3 Å². The average molecular weight is 466 g/mol. The molecule has 4 rings (SSSR count). The lowest BCUT2D eigenvalue weighted by atomic mass is 9.97. The van der Waals surface area contributed by atoms with E-state index in [1.165, 1.54) is 11.3 Å². The summed E-state index contributed by atoms with van der Waals surface area (Å²) in [5.74, 6) is 2.50. The highest BCUT2D eigenvalue weighted by Gasteiger charge is 2.36. The molecule has 0 bridgehead atoms. The molecular formula is C25H26N2O7. The van der Waals surface area contributed by atoms with E-state index >= 15 is 0 Å². The molecule has 0 radical (unpaired) electrons. The first-order valence-corrected chi connectivity index (χ1v) is 10.5. The number of methoxy groups -OCH3 is 5. The predicted molar refractivity (Wildman–Crippen MR) is 124 cm³/mol. The summed E-state index contributed by atoms with van der Waals surface area (Å²) in [6.07, 6.45) is 1.89. The number of hydrazone groups is 1. The van der Waals surface area contributed by atoms with Crippen molar-refractivity contribution in [3.8, 4) is 28.7 Å². The Kier molecular flexibility index (Phi) is 6.62. The highest BCUT2D eigenvalue weighted by Crippen LogP contribution is 2.43. The minimum Gasteiger partial charge on any atom is -0.497 e. The van der Waals surface area contributed by atoms with Gasteiger partial charge in [-0.3, -0.25) is 4.79 Å². The Bertz CT molecular complexity index is 1160. The Morgan fingerprint density at radius 2 is 1.56 bits per heavy atom. The van der Waals surface area contributed by atoms with Crippen molar-refractivity contribution < 1.29 is 32.9 Å². The number of ether oxygens (including phenoxy) is 5. The molecule has 1 unspecified atom stereocenters. The molecule has 0 aliphatic carbocycles. The first kappa shape index (κ1) is 23.0. The van der Waals surface area contributed by atoms with E-state index in [2.05, 4.69) is 0 Å². The van der Waals surface area contributed by atoms with E-state index < -0.39 is 6.04 Å². The van der Waals surface area contributed by atoms with Gasteiger partial charge in [0, 0.05) is 18.1 Å². The van der Waals surface area contributed by atoms with Crippen LogP contribution < -0.4 is 23.7 Å². The fourth-order valence-electron chi connectivity index (χ4n) is 3.91. The third-order valence-corrected chi connectivity index (χ3v) is 5.61. The third-order valence-electron chi connectivity index (χ3n) is 5.61. The van der Waals surface area contributed by atoms with Crippen LogP contribution in [0.1, 0.15) is 34.1 Å². The largest absolute Gasteiger partial charge is 0.497 e. The number of amides is 1. The Hall–Kier alpha value is -4.14. The van der Waals surface area contributed by atoms with Gasteiger partial charge in [0.1, 0.15) is 11.5 Å². The minimum absolute atomic E-state index is 0.186. The van der Waals surface area contributed by atoms with Crippen LogP contribution >= 0.6 is 0 Å². The third kappa shape index (κ3) is 4.24. The van der Waals surface area contributed by atoms with Crippen LogP contribution in [0, 0.1) is 0 Å². The zero-order valence-electron chi connectivity index (χ0n) is 19.7. The maximum atomic E-state index is 13.3. The van der Waals surface area contributed by atoms with Gasteiger partial charge in [-0.05, 0) is 42.0 Å². The topological polar surface area (TPSA) is 92.0 Å². The van der Waals surface area contributed by atoms with E-state index in [1.807, 2.05) is 24.3 Å². The van der Waals surface area contributed by atoms with Crippen molar-refractivity contribution in [3.63, 3.8) is 0 Å². The van der Waals surface area contributed by atoms with Crippen molar-refractivity contribution in [1.82, 2.24) is 5.01 Å². The van der Waals surface area contributed by atoms with Crippen LogP contribution in [0.25, 0.3) is 0 Å². The molecule has 1 aliphatic rings. The van der Waals surface area contributed by atoms with Crippen LogP contribution in [0.2, 0.25) is 0 Å². The van der Waals surface area contributed by atoms with Crippen molar-refractivity contribution in [2.75, 3.05) is 35.5 Å². The molecule has 34 heavy (non-hydrogen) atoms. The molecule has 0 fully saturated rings. The fraction of sp³-hybridized carbons (Fsp3) is 0.280. The molecule has 0 saturated carbocycles. The van der Waals surface area contributed by atoms with E-state index in [1.54, 1.807) is 53.7 Å². The number of carbonyl (C=O) groups is 1. The van der Waals surface area contributed by atoms with Gasteiger partial charge in [0.05, 0.1) is 53.6 Å². The van der Waals surface area contributed by atoms with Gasteiger partial charge in [-0.1, -0.05) is 0 Å². The van der Waals surface area contributed by atoms with Crippen molar-refractivity contribution >= 4 is 11.6 Å². The number of benzene rings is 2. The summed E-state index contributed by atoms with van der Waals surface area (Å²) >= 11 is 0. The van der Waals surface area contributed by atoms with E-state index in [0.29, 0.717) is 40.9 Å². The van der Waals surface area contributed by atoms with E-state index in [9.17, 15) is 4.79 Å². The highest BCUT2D eigenvalue weighted by molar-refractivity contribution is 6.05. The second kappa shape index (κ2) is 9.78. The van der Waals surface area contributed by atoms with Gasteiger partial charge in [0.2, 0.25) is 5.75 Å². The first-order chi connectivity index (χ1) is 16.5. The van der Waals surface area contributed by atoms with E-state index in [-0.39, 0.29) is 11.7 Å². The molecule has 0 saturated heterocycles. The van der Waals surface area contributed by atoms with Crippen LogP contribution in [-0.4, -0.2) is 52.2 Å². The summed E-state index contributed by atoms with van der Waals surface area (Å²) in [6, 6.07) is 12.0. The lowest BCUT2D eigenvalue weighted by Gasteiger charge is -2.23. The van der Waals surface area contributed by atoms with Gasteiger partial charge in [-0.25, -0.2) is 5.01 Å². The number of hydrogen-bond acceptors (Lipinski definition) is 8. The molecule has 1 aliphatic heterocycles. The Balaban J connectivity index is 1.81. The first-order valence-electron chi connectivity index (χ1n) is 10.5. The van der Waals surface area contributed by atoms with E-state index in [4.69, 9.17) is 33.2 Å². The highest BCUT2D eigenvalue weighted by atomic mass is 16.5. The number of nitrogens with zero attached hydrogens (tertiary/aromatic N) is 2. The van der Waals surface area contributed by atoms with Gasteiger partial charge in [-0.15, -0.1) is 0 Å². The number of furan rings is 1. The molecule has 1 aromatic heterocycles. The zero-order chi connectivity index (χ0) is 24.2. The maximum Gasteiger partial charge on any atom is 0.310 e. The smallest absolute Gasteiger partial charge is 0.310 e. The molecule has 9 nitrogen and oxygen atoms in total. The molecule has 1 atom stereocenters. The molecule has 3 aromatic rings. The monoisotopic (exact) mass is 466 g/mol. The van der Waals surface area contributed by atoms with Crippen LogP contribution in [0.5, 0.6) is 28.7 Å².